The summed E-state index contributed by atoms with van der Waals surface area (Å²) in [6.07, 6.45) is 7.92. The molecule has 2 saturated carbocycles. The van der Waals surface area contributed by atoms with Crippen LogP contribution in [0.4, 0.5) is 0 Å². The van der Waals surface area contributed by atoms with Crippen LogP contribution in [0.2, 0.25) is 0 Å². The lowest BCUT2D eigenvalue weighted by Gasteiger charge is -2.64. The van der Waals surface area contributed by atoms with Crippen molar-refractivity contribution < 1.29 is 19.8 Å². The summed E-state index contributed by atoms with van der Waals surface area (Å²) in [6.45, 7) is 0. The molecule has 2 heterocycles. The first-order valence-corrected chi connectivity index (χ1v) is 11.9. The summed E-state index contributed by atoms with van der Waals surface area (Å²) in [5.74, 6) is -1.66. The number of pyridine rings is 1. The van der Waals surface area contributed by atoms with E-state index in [4.69, 9.17) is 0 Å². The Morgan fingerprint density at radius 2 is 2.09 bits per heavy atom. The molecule has 33 heavy (non-hydrogen) atoms. The Bertz CT molecular complexity index is 1240. The van der Waals surface area contributed by atoms with Crippen LogP contribution in [0.5, 0.6) is 0 Å². The average Bonchev–Trinajstić information content (AvgIpc) is 3.27. The van der Waals surface area contributed by atoms with Gasteiger partial charge >= 0.3 is 5.97 Å². The first-order valence-electron chi connectivity index (χ1n) is 10.7. The topological polar surface area (TPSA) is 130 Å². The van der Waals surface area contributed by atoms with Crippen molar-refractivity contribution in [3.63, 3.8) is 0 Å². The molecule has 5 rings (SSSR count). The summed E-state index contributed by atoms with van der Waals surface area (Å²) >= 11 is 1.63. The van der Waals surface area contributed by atoms with Crippen LogP contribution in [0.15, 0.2) is 53.8 Å². The number of rotatable bonds is 6. The number of carboxylic acid groups (broad SMARTS) is 1. The molecule has 3 N–H and O–H groups in total. The molecule has 2 atom stereocenters. The first kappa shape index (κ1) is 21.6. The van der Waals surface area contributed by atoms with Crippen molar-refractivity contribution in [2.45, 2.75) is 42.2 Å². The molecule has 0 aliphatic heterocycles. The van der Waals surface area contributed by atoms with Gasteiger partial charge in [0.1, 0.15) is 11.2 Å². The number of nitrogens with one attached hydrogen (secondary N) is 1. The molecule has 170 valence electrons. The third-order valence-corrected chi connectivity index (χ3v) is 7.80. The molecule has 1 aromatic carbocycles. The van der Waals surface area contributed by atoms with E-state index in [9.17, 15) is 19.8 Å². The van der Waals surface area contributed by atoms with Gasteiger partial charge < -0.3 is 15.5 Å². The van der Waals surface area contributed by atoms with Crippen molar-refractivity contribution in [3.05, 3.63) is 54.5 Å². The van der Waals surface area contributed by atoms with Crippen LogP contribution < -0.4 is 5.32 Å². The van der Waals surface area contributed by atoms with Gasteiger partial charge in [0, 0.05) is 28.5 Å². The number of aliphatic hydroxyl groups excluding tert-OH is 1. The van der Waals surface area contributed by atoms with Crippen molar-refractivity contribution in [2.24, 2.45) is 5.41 Å². The van der Waals surface area contributed by atoms with Gasteiger partial charge in [-0.1, -0.05) is 23.8 Å². The molecule has 3 aromatic rings. The minimum Gasteiger partial charge on any atom is -0.479 e. The standard InChI is InChI=1S/C23H23N5O4S/c1-33-15-5-2-4-14(10-15)17-13-28(27-26-17)18-12-24-9-6-16(18)20(30)25-23(21(31)32)11-19(29)22(23)7-3-8-22/h2,4-6,9-10,12-13,19,29H,3,7-8,11H2,1H3,(H,25,30)(H,31,32). The number of hydrogen-bond donors (Lipinski definition) is 3. The molecule has 1 spiro atoms. The van der Waals surface area contributed by atoms with E-state index in [1.165, 1.54) is 23.1 Å². The highest BCUT2D eigenvalue weighted by molar-refractivity contribution is 7.98. The Labute approximate surface area is 194 Å². The van der Waals surface area contributed by atoms with Crippen LogP contribution in [-0.4, -0.2) is 60.0 Å². The predicted octanol–water partition coefficient (Wildman–Crippen LogP) is 2.54. The fourth-order valence-corrected chi connectivity index (χ4v) is 5.47. The first-order chi connectivity index (χ1) is 15.9. The molecule has 2 fully saturated rings. The lowest BCUT2D eigenvalue weighted by molar-refractivity contribution is -0.211. The van der Waals surface area contributed by atoms with Crippen LogP contribution in [0.3, 0.4) is 0 Å². The highest BCUT2D eigenvalue weighted by atomic mass is 32.2. The summed E-state index contributed by atoms with van der Waals surface area (Å²) < 4.78 is 1.46. The number of carbonyl (C=O) groups excluding carboxylic acids is 1. The number of carboxylic acids is 1. The van der Waals surface area contributed by atoms with Crippen LogP contribution in [0.1, 0.15) is 36.0 Å². The van der Waals surface area contributed by atoms with Crippen LogP contribution in [0, 0.1) is 5.41 Å². The van der Waals surface area contributed by atoms with Gasteiger partial charge in [0.2, 0.25) is 0 Å². The van der Waals surface area contributed by atoms with E-state index in [0.717, 1.165) is 16.9 Å². The maximum Gasteiger partial charge on any atom is 0.330 e. The normalized spacial score (nSPS) is 22.9. The smallest absolute Gasteiger partial charge is 0.330 e. The van der Waals surface area contributed by atoms with Gasteiger partial charge in [-0.2, -0.15) is 0 Å². The highest BCUT2D eigenvalue weighted by Gasteiger charge is 2.72. The molecule has 10 heteroatoms. The quantitative estimate of drug-likeness (QED) is 0.474. The number of amides is 1. The third kappa shape index (κ3) is 3.24. The zero-order chi connectivity index (χ0) is 23.2. The largest absolute Gasteiger partial charge is 0.479 e. The van der Waals surface area contributed by atoms with Gasteiger partial charge in [-0.3, -0.25) is 9.78 Å². The molecule has 1 amide bonds. The summed E-state index contributed by atoms with van der Waals surface area (Å²) in [5.41, 5.74) is -0.131. The van der Waals surface area contributed by atoms with Crippen LogP contribution in [-0.2, 0) is 4.79 Å². The minimum atomic E-state index is -1.48. The number of thioether (sulfide) groups is 1. The molecule has 2 unspecified atom stereocenters. The fraction of sp³-hybridized carbons (Fsp3) is 0.348. The van der Waals surface area contributed by atoms with Gasteiger partial charge in [0.25, 0.3) is 5.91 Å². The van der Waals surface area contributed by atoms with Gasteiger partial charge in [0.15, 0.2) is 0 Å². The van der Waals surface area contributed by atoms with E-state index in [1.54, 1.807) is 18.0 Å². The Morgan fingerprint density at radius 1 is 1.27 bits per heavy atom. The van der Waals surface area contributed by atoms with Crippen LogP contribution >= 0.6 is 11.8 Å². The van der Waals surface area contributed by atoms with E-state index in [1.807, 2.05) is 30.5 Å². The van der Waals surface area contributed by atoms with Crippen molar-refractivity contribution in [1.29, 1.82) is 0 Å². The molecule has 0 bridgehead atoms. The SMILES string of the molecule is CSc1cccc(-c2cn(-c3cnccc3C(=O)NC3(C(=O)O)CC(O)C34CCC4)nn2)c1. The summed E-state index contributed by atoms with van der Waals surface area (Å²) in [5, 5.41) is 31.5. The molecule has 0 saturated heterocycles. The van der Waals surface area contributed by atoms with E-state index >= 15 is 0 Å². The number of benzene rings is 1. The molecular weight excluding hydrogens is 442 g/mol. The Hall–Kier alpha value is -3.24. The second kappa shape index (κ2) is 7.96. The average molecular weight is 466 g/mol. The lowest BCUT2D eigenvalue weighted by Crippen LogP contribution is -2.79. The van der Waals surface area contributed by atoms with Gasteiger partial charge in [0.05, 0.1) is 29.7 Å². The zero-order valence-corrected chi connectivity index (χ0v) is 18.7. The number of aromatic nitrogens is 4. The van der Waals surface area contributed by atoms with Gasteiger partial charge in [-0.15, -0.1) is 16.9 Å². The number of aliphatic hydroxyl groups is 1. The van der Waals surface area contributed by atoms with Crippen molar-refractivity contribution in [3.8, 4) is 16.9 Å². The monoisotopic (exact) mass is 465 g/mol. The number of nitrogens with zero attached hydrogens (tertiary/aromatic N) is 4. The Morgan fingerprint density at radius 3 is 2.76 bits per heavy atom. The molecule has 2 aliphatic rings. The second-order valence-corrected chi connectivity index (χ2v) is 9.45. The number of hydrogen-bond acceptors (Lipinski definition) is 7. The Balaban J connectivity index is 1.46. The molecule has 9 nitrogen and oxygen atoms in total. The molecule has 2 aliphatic carbocycles. The lowest BCUT2D eigenvalue weighted by atomic mass is 9.43. The summed E-state index contributed by atoms with van der Waals surface area (Å²) in [7, 11) is 0. The maximum atomic E-state index is 13.3. The molecular formula is C23H23N5O4S. The van der Waals surface area contributed by atoms with Crippen LogP contribution in [0.25, 0.3) is 16.9 Å². The van der Waals surface area contributed by atoms with Gasteiger partial charge in [-0.25, -0.2) is 9.48 Å². The summed E-state index contributed by atoms with van der Waals surface area (Å²) in [4.78, 5) is 30.7. The number of aliphatic carboxylic acids is 1. The van der Waals surface area contributed by atoms with Crippen molar-refractivity contribution >= 4 is 23.6 Å². The highest BCUT2D eigenvalue weighted by Crippen LogP contribution is 2.62. The number of carbonyl (C=O) groups is 2. The second-order valence-electron chi connectivity index (χ2n) is 8.57. The minimum absolute atomic E-state index is 0.00621. The zero-order valence-electron chi connectivity index (χ0n) is 17.9. The van der Waals surface area contributed by atoms with E-state index < -0.39 is 28.9 Å². The van der Waals surface area contributed by atoms with E-state index in [2.05, 4.69) is 20.6 Å². The third-order valence-electron chi connectivity index (χ3n) is 7.08. The van der Waals surface area contributed by atoms with Gasteiger partial charge in [-0.05, 0) is 37.3 Å². The van der Waals surface area contributed by atoms with Crippen molar-refractivity contribution in [1.82, 2.24) is 25.3 Å². The van der Waals surface area contributed by atoms with Crippen molar-refractivity contribution in [2.75, 3.05) is 6.26 Å². The summed E-state index contributed by atoms with van der Waals surface area (Å²) in [6, 6.07) is 9.41. The van der Waals surface area contributed by atoms with E-state index in [0.29, 0.717) is 24.2 Å². The molecule has 2 aromatic heterocycles. The predicted molar refractivity (Wildman–Crippen MR) is 121 cm³/mol. The molecule has 0 radical (unpaired) electrons. The van der Waals surface area contributed by atoms with E-state index in [-0.39, 0.29) is 12.0 Å². The maximum absolute atomic E-state index is 13.3. The Kier molecular flexibility index (Phi) is 5.21. The fourth-order valence-electron chi connectivity index (χ4n) is 5.01.